The monoisotopic (exact) mass is 365 g/mol. The van der Waals surface area contributed by atoms with E-state index in [1.807, 2.05) is 0 Å². The van der Waals surface area contributed by atoms with Crippen molar-refractivity contribution in [2.24, 2.45) is 0 Å². The third-order valence-corrected chi connectivity index (χ3v) is 0. The van der Waals surface area contributed by atoms with Crippen LogP contribution in [-0.4, -0.2) is 20.0 Å². The van der Waals surface area contributed by atoms with E-state index in [1.165, 1.54) is 0 Å². The average Bonchev–Trinajstić information content (AvgIpc) is 2.31. The number of nitroso groups, excluding NO2 is 1. The van der Waals surface area contributed by atoms with Gasteiger partial charge in [-0.2, -0.15) is 36.4 Å². The van der Waals surface area contributed by atoms with Crippen LogP contribution in [0.15, 0.2) is 0 Å². The van der Waals surface area contributed by atoms with E-state index in [0.717, 1.165) is 0 Å². The van der Waals surface area contributed by atoms with Gasteiger partial charge in [-0.25, -0.2) is 0 Å². The molecule has 0 rings (SSSR count). The Kier molecular flexibility index (Phi) is 16900000. The molecular formula is C7H27NO11S2. The molecule has 3 N–H and O–H groups in total. The van der Waals surface area contributed by atoms with E-state index in [2.05, 4.69) is 12.2 Å². The molecule has 0 unspecified atom stereocenters. The second-order valence-corrected chi connectivity index (χ2v) is 0.287. The molecule has 0 fully saturated rings. The van der Waals surface area contributed by atoms with Crippen molar-refractivity contribution >= 4 is 31.2 Å². The summed E-state index contributed by atoms with van der Waals surface area (Å²) in [4.78, 5) is 51.8. The first-order valence-electron chi connectivity index (χ1n) is 1.48. The molecule has 14 heteroatoms. The summed E-state index contributed by atoms with van der Waals surface area (Å²) in [5.74, 6) is 0. The first-order valence-corrected chi connectivity index (χ1v) is 2.15. The average molecular weight is 365 g/mol. The van der Waals surface area contributed by atoms with E-state index < -0.39 is 11.6 Å². The predicted molar refractivity (Wildman–Crippen MR) is 87.2 cm³/mol. The van der Waals surface area contributed by atoms with Gasteiger partial charge in [0.1, 0.15) is 0 Å². The fourth-order valence-corrected chi connectivity index (χ4v) is 0. The molecule has 138 valence electrons. The Bertz CT molecular complexity index is 147. The van der Waals surface area contributed by atoms with Crippen LogP contribution in [0.1, 0.15) is 38.6 Å². The number of carbonyl (C=O) groups excluding carboxylic acids is 2. The van der Waals surface area contributed by atoms with Gasteiger partial charge in [-0.05, 0) is 0 Å². The first-order chi connectivity index (χ1) is 6.83. The third kappa shape index (κ3) is 1220. The van der Waals surface area contributed by atoms with Gasteiger partial charge in [-0.1, -0.05) is 42.7 Å². The Morgan fingerprint density at radius 2 is 0.810 bits per heavy atom. The quantitative estimate of drug-likeness (QED) is 0.374. The molecule has 0 aliphatic heterocycles. The van der Waals surface area contributed by atoms with Crippen LogP contribution in [0, 0.1) is 37.0 Å². The molecule has 0 saturated heterocycles. The second-order valence-electron chi connectivity index (χ2n) is 0.151. The molecule has 0 atom stereocenters. The number of hydrogen-bond acceptors (Lipinski definition) is 10. The van der Waals surface area contributed by atoms with Gasteiger partial charge in [0.15, 0.2) is 0 Å². The number of nitrogens with one attached hydrogen (secondary N) is 1. The van der Waals surface area contributed by atoms with Gasteiger partial charge in [0, 0.05) is 21.3 Å². The Hall–Kier alpha value is -1.95. The summed E-state index contributed by atoms with van der Waals surface area (Å²) in [6.45, 7) is 4.50. The Morgan fingerprint density at radius 1 is 0.810 bits per heavy atom. The number of rotatable bonds is 0. The van der Waals surface area contributed by atoms with E-state index in [-0.39, 0.29) is 63.7 Å². The van der Waals surface area contributed by atoms with E-state index in [0.29, 0.717) is 0 Å². The Balaban J connectivity index is -0.00000000274. The Labute approximate surface area is 135 Å². The molecule has 0 aromatic rings. The van der Waals surface area contributed by atoms with E-state index in [4.69, 9.17) is 47.4 Å². The van der Waals surface area contributed by atoms with Crippen molar-refractivity contribution in [1.82, 2.24) is 0 Å². The summed E-state index contributed by atoms with van der Waals surface area (Å²) in [6.07, 6.45) is 0.250. The molecule has 0 spiro atoms. The van der Waals surface area contributed by atoms with Crippen LogP contribution < -0.4 is 0 Å². The van der Waals surface area contributed by atoms with E-state index >= 15 is 0 Å². The smallest absolute Gasteiger partial charge is 0 e. The zero-order valence-electron chi connectivity index (χ0n) is 6.99. The molecule has 0 heterocycles. The number of hydrogen-bond donors (Lipinski definition) is 1. The van der Waals surface area contributed by atoms with Crippen molar-refractivity contribution in [3.8, 4) is 0 Å². The summed E-state index contributed by atoms with van der Waals surface area (Å²) in [5.41, 5.74) is 4.50. The molecule has 0 amide bonds. The molecule has 0 aromatic carbocycles. The van der Waals surface area contributed by atoms with Gasteiger partial charge in [-0.3, -0.25) is 0 Å². The summed E-state index contributed by atoms with van der Waals surface area (Å²) >= 11 is -0.750. The molecule has 0 bridgehead atoms. The van der Waals surface area contributed by atoms with Crippen molar-refractivity contribution in [2.75, 3.05) is 0 Å². The van der Waals surface area contributed by atoms with Crippen LogP contribution in [-0.2, 0) is 25.8 Å². The summed E-state index contributed by atoms with van der Waals surface area (Å²) in [7, 11) is 0. The SMILES string of the molecule is C.C.C.C.C.N=O.O.O=C=O.O=O.O=O.O=S=O.S.[C-]#[O+].[HH]. The van der Waals surface area contributed by atoms with Gasteiger partial charge in [0.25, 0.3) is 0 Å². The van der Waals surface area contributed by atoms with Crippen molar-refractivity contribution in [1.29, 1.82) is 5.59 Å². The van der Waals surface area contributed by atoms with Crippen LogP contribution >= 0.6 is 13.5 Å². The first kappa shape index (κ1) is 170. The zero-order chi connectivity index (χ0) is 13.4. The van der Waals surface area contributed by atoms with Gasteiger partial charge in [0.05, 0.1) is 0 Å². The summed E-state index contributed by atoms with van der Waals surface area (Å²) in [5, 5.41) is 0. The minimum Gasteiger partial charge on any atom is 0 e. The standard InChI is InChI=1S/CO2.CO.5CH4.HNO.O2S.2O2.H2O.H2S.H2/c2-1-3;1-2;;;;;;1-2;1-3-2;2*1-2;;;/h;;5*1H4;1H;;;;2*1H2;1H. The fourth-order valence-electron chi connectivity index (χ4n) is 0. The van der Waals surface area contributed by atoms with Crippen LogP contribution in [0.5, 0.6) is 0 Å². The predicted octanol–water partition coefficient (Wildman–Crippen LogP) is 1.89. The fraction of sp³-hybridized carbons (Fsp3) is 0.714. The molecular weight excluding hydrogens is 338 g/mol. The van der Waals surface area contributed by atoms with Crippen LogP contribution in [0.3, 0.4) is 0 Å². The minimum absolute atomic E-state index is 0. The zero-order valence-corrected chi connectivity index (χ0v) is 8.81. The Morgan fingerprint density at radius 3 is 0.810 bits per heavy atom. The molecule has 0 saturated carbocycles. The summed E-state index contributed by atoms with van der Waals surface area (Å²) < 4.78 is 24.1. The van der Waals surface area contributed by atoms with Crippen molar-refractivity contribution in [3.63, 3.8) is 0 Å². The summed E-state index contributed by atoms with van der Waals surface area (Å²) in [6, 6.07) is 0. The van der Waals surface area contributed by atoms with Crippen LogP contribution in [0.4, 0.5) is 0 Å². The molecule has 0 aliphatic rings. The van der Waals surface area contributed by atoms with Gasteiger partial charge >= 0.3 is 29.0 Å². The van der Waals surface area contributed by atoms with Crippen molar-refractivity contribution in [3.05, 3.63) is 31.4 Å². The third-order valence-electron chi connectivity index (χ3n) is 0. The maximum atomic E-state index is 8.29. The molecule has 12 nitrogen and oxygen atoms in total. The molecule has 0 aromatic heterocycles. The normalized spacial score (nSPS) is 1.62. The van der Waals surface area contributed by atoms with E-state index in [9.17, 15) is 0 Å². The largest absolute Gasteiger partial charge is 0 e. The maximum absolute atomic E-state index is 8.29. The van der Waals surface area contributed by atoms with Crippen LogP contribution in [0.25, 0.3) is 0 Å². The second kappa shape index (κ2) is 2100000. The molecule has 0 radical (unpaired) electrons. The maximum Gasteiger partial charge on any atom is 0 e. The van der Waals surface area contributed by atoms with Crippen LogP contribution in [0.2, 0.25) is 0 Å². The minimum atomic E-state index is -0.750. The van der Waals surface area contributed by atoms with Gasteiger partial charge in [-0.15, -0.1) is 0 Å². The van der Waals surface area contributed by atoms with Gasteiger partial charge < -0.3 is 5.48 Å². The van der Waals surface area contributed by atoms with Crippen molar-refractivity contribution < 1.29 is 29.6 Å². The van der Waals surface area contributed by atoms with Crippen molar-refractivity contribution in [2.45, 2.75) is 37.1 Å². The molecule has 0 aliphatic carbocycles. The molecule has 21 heavy (non-hydrogen) atoms. The van der Waals surface area contributed by atoms with E-state index in [1.54, 1.807) is 0 Å². The topological polar surface area (TPSA) is 229 Å². The van der Waals surface area contributed by atoms with Gasteiger partial charge in [0.2, 0.25) is 0 Å².